The van der Waals surface area contributed by atoms with Crippen LogP contribution in [0.5, 0.6) is 0 Å². The summed E-state index contributed by atoms with van der Waals surface area (Å²) in [5.74, 6) is -0.425. The summed E-state index contributed by atoms with van der Waals surface area (Å²) >= 11 is 5.92. The summed E-state index contributed by atoms with van der Waals surface area (Å²) in [6.45, 7) is 2.69. The smallest absolute Gasteiger partial charge is 0.248 e. The van der Waals surface area contributed by atoms with Crippen molar-refractivity contribution in [2.24, 2.45) is 5.73 Å². The third-order valence-electron chi connectivity index (χ3n) is 2.93. The molecule has 2 aromatic rings. The lowest BCUT2D eigenvalue weighted by atomic mass is 10.1. The molecule has 2 rings (SSSR count). The predicted octanol–water partition coefficient (Wildman–Crippen LogP) is 3.36. The average molecular weight is 275 g/mol. The number of rotatable bonds is 4. The molecular weight excluding hydrogens is 260 g/mol. The number of nitrogens with two attached hydrogens (primary N) is 1. The lowest BCUT2D eigenvalue weighted by Gasteiger charge is -2.10. The maximum Gasteiger partial charge on any atom is 0.248 e. The van der Waals surface area contributed by atoms with Gasteiger partial charge in [0.25, 0.3) is 0 Å². The number of nitrogens with one attached hydrogen (secondary N) is 1. The normalized spacial score (nSPS) is 10.2. The second-order valence-corrected chi connectivity index (χ2v) is 4.81. The van der Waals surface area contributed by atoms with Crippen molar-refractivity contribution in [3.63, 3.8) is 0 Å². The molecule has 0 unspecified atom stereocenters. The zero-order valence-corrected chi connectivity index (χ0v) is 11.4. The minimum atomic E-state index is -0.425. The Balaban J connectivity index is 2.10. The third-order valence-corrected chi connectivity index (χ3v) is 3.17. The molecule has 0 aliphatic rings. The number of aryl methyl sites for hydroxylation is 1. The molecular formula is C15H15ClN2O. The van der Waals surface area contributed by atoms with Crippen molar-refractivity contribution >= 4 is 23.2 Å². The molecule has 0 aromatic heterocycles. The van der Waals surface area contributed by atoms with Crippen LogP contribution in [0.3, 0.4) is 0 Å². The summed E-state index contributed by atoms with van der Waals surface area (Å²) in [7, 11) is 0. The predicted molar refractivity (Wildman–Crippen MR) is 78.5 cm³/mol. The Morgan fingerprint density at radius 2 is 2.05 bits per heavy atom. The minimum absolute atomic E-state index is 0.425. The molecule has 1 amide bonds. The van der Waals surface area contributed by atoms with Gasteiger partial charge in [0.1, 0.15) is 0 Å². The van der Waals surface area contributed by atoms with Gasteiger partial charge in [0, 0.05) is 22.8 Å². The van der Waals surface area contributed by atoms with Gasteiger partial charge in [-0.3, -0.25) is 4.79 Å². The molecule has 3 nitrogen and oxygen atoms in total. The lowest BCUT2D eigenvalue weighted by molar-refractivity contribution is 0.100. The van der Waals surface area contributed by atoms with E-state index in [-0.39, 0.29) is 0 Å². The van der Waals surface area contributed by atoms with Gasteiger partial charge < -0.3 is 11.1 Å². The minimum Gasteiger partial charge on any atom is -0.381 e. The molecule has 0 radical (unpaired) electrons. The van der Waals surface area contributed by atoms with E-state index < -0.39 is 5.91 Å². The number of hydrogen-bond donors (Lipinski definition) is 2. The number of hydrogen-bond acceptors (Lipinski definition) is 2. The molecule has 2 aromatic carbocycles. The summed E-state index contributed by atoms with van der Waals surface area (Å²) in [6.07, 6.45) is 0. The van der Waals surface area contributed by atoms with Gasteiger partial charge in [-0.15, -0.1) is 0 Å². The van der Waals surface area contributed by atoms with Crippen LogP contribution in [0, 0.1) is 6.92 Å². The highest BCUT2D eigenvalue weighted by Gasteiger charge is 2.02. The van der Waals surface area contributed by atoms with E-state index in [4.69, 9.17) is 17.3 Å². The SMILES string of the molecule is Cc1cc(Cl)ccc1CNc1cccc(C(N)=O)c1. The van der Waals surface area contributed by atoms with Crippen LogP contribution in [0.4, 0.5) is 5.69 Å². The molecule has 98 valence electrons. The summed E-state index contributed by atoms with van der Waals surface area (Å²) in [6, 6.07) is 12.9. The molecule has 3 N–H and O–H groups in total. The topological polar surface area (TPSA) is 55.1 Å². The van der Waals surface area contributed by atoms with Crippen molar-refractivity contribution in [2.45, 2.75) is 13.5 Å². The Morgan fingerprint density at radius 1 is 1.26 bits per heavy atom. The summed E-state index contributed by atoms with van der Waals surface area (Å²) in [5.41, 5.74) is 8.91. The molecule has 0 fully saturated rings. The zero-order chi connectivity index (χ0) is 13.8. The molecule has 0 atom stereocenters. The second kappa shape index (κ2) is 5.76. The van der Waals surface area contributed by atoms with Crippen LogP contribution in [0.2, 0.25) is 5.02 Å². The number of benzene rings is 2. The van der Waals surface area contributed by atoms with Crippen LogP contribution in [0.25, 0.3) is 0 Å². The first kappa shape index (κ1) is 13.4. The molecule has 0 saturated heterocycles. The average Bonchev–Trinajstić information content (AvgIpc) is 2.38. The van der Waals surface area contributed by atoms with Crippen molar-refractivity contribution in [3.05, 3.63) is 64.2 Å². The molecule has 0 spiro atoms. The van der Waals surface area contributed by atoms with Gasteiger partial charge in [0.2, 0.25) is 5.91 Å². The van der Waals surface area contributed by atoms with E-state index in [0.29, 0.717) is 12.1 Å². The van der Waals surface area contributed by atoms with Gasteiger partial charge in [-0.1, -0.05) is 23.7 Å². The van der Waals surface area contributed by atoms with Crippen LogP contribution in [0.1, 0.15) is 21.5 Å². The first-order chi connectivity index (χ1) is 9.06. The molecule has 0 bridgehead atoms. The maximum absolute atomic E-state index is 11.1. The molecule has 0 aliphatic heterocycles. The van der Waals surface area contributed by atoms with Crippen LogP contribution >= 0.6 is 11.6 Å². The van der Waals surface area contributed by atoms with Crippen molar-refractivity contribution in [2.75, 3.05) is 5.32 Å². The van der Waals surface area contributed by atoms with E-state index in [1.54, 1.807) is 18.2 Å². The maximum atomic E-state index is 11.1. The van der Waals surface area contributed by atoms with E-state index in [1.165, 1.54) is 0 Å². The lowest BCUT2D eigenvalue weighted by Crippen LogP contribution is -2.11. The number of primary amides is 1. The van der Waals surface area contributed by atoms with Crippen molar-refractivity contribution in [1.29, 1.82) is 0 Å². The van der Waals surface area contributed by atoms with E-state index in [1.807, 2.05) is 31.2 Å². The standard InChI is InChI=1S/C15H15ClN2O/c1-10-7-13(16)6-5-12(10)9-18-14-4-2-3-11(8-14)15(17)19/h2-8,18H,9H2,1H3,(H2,17,19). The first-order valence-corrected chi connectivity index (χ1v) is 6.33. The third kappa shape index (κ3) is 3.48. The number of amides is 1. The van der Waals surface area contributed by atoms with Gasteiger partial charge in [-0.2, -0.15) is 0 Å². The molecule has 0 saturated carbocycles. The highest BCUT2D eigenvalue weighted by atomic mass is 35.5. The van der Waals surface area contributed by atoms with Crippen LogP contribution in [-0.4, -0.2) is 5.91 Å². The monoisotopic (exact) mass is 274 g/mol. The van der Waals surface area contributed by atoms with E-state index in [2.05, 4.69) is 5.32 Å². The van der Waals surface area contributed by atoms with Gasteiger partial charge in [0.15, 0.2) is 0 Å². The molecule has 0 aliphatic carbocycles. The summed E-state index contributed by atoms with van der Waals surface area (Å²) in [5, 5.41) is 4.00. The highest BCUT2D eigenvalue weighted by Crippen LogP contribution is 2.17. The first-order valence-electron chi connectivity index (χ1n) is 5.95. The van der Waals surface area contributed by atoms with Gasteiger partial charge in [-0.05, 0) is 48.4 Å². The van der Waals surface area contributed by atoms with Crippen molar-refractivity contribution in [3.8, 4) is 0 Å². The zero-order valence-electron chi connectivity index (χ0n) is 10.6. The largest absolute Gasteiger partial charge is 0.381 e. The fourth-order valence-electron chi connectivity index (χ4n) is 1.84. The van der Waals surface area contributed by atoms with Crippen molar-refractivity contribution in [1.82, 2.24) is 0 Å². The Morgan fingerprint density at radius 3 is 2.74 bits per heavy atom. The van der Waals surface area contributed by atoms with Crippen LogP contribution in [-0.2, 0) is 6.54 Å². The van der Waals surface area contributed by atoms with Gasteiger partial charge in [0.05, 0.1) is 0 Å². The fraction of sp³-hybridized carbons (Fsp3) is 0.133. The summed E-state index contributed by atoms with van der Waals surface area (Å²) in [4.78, 5) is 11.1. The molecule has 19 heavy (non-hydrogen) atoms. The quantitative estimate of drug-likeness (QED) is 0.898. The van der Waals surface area contributed by atoms with Gasteiger partial charge in [-0.25, -0.2) is 0 Å². The number of anilines is 1. The van der Waals surface area contributed by atoms with Crippen molar-refractivity contribution < 1.29 is 4.79 Å². The van der Waals surface area contributed by atoms with E-state index in [9.17, 15) is 4.79 Å². The van der Waals surface area contributed by atoms with Crippen LogP contribution in [0.15, 0.2) is 42.5 Å². The molecule has 0 heterocycles. The summed E-state index contributed by atoms with van der Waals surface area (Å²) < 4.78 is 0. The Hall–Kier alpha value is -2.00. The second-order valence-electron chi connectivity index (χ2n) is 4.37. The van der Waals surface area contributed by atoms with Crippen LogP contribution < -0.4 is 11.1 Å². The number of carbonyl (C=O) groups is 1. The Labute approximate surface area is 117 Å². The number of halogens is 1. The van der Waals surface area contributed by atoms with Gasteiger partial charge >= 0.3 is 0 Å². The van der Waals surface area contributed by atoms with E-state index >= 15 is 0 Å². The Kier molecular flexibility index (Phi) is 4.07. The highest BCUT2D eigenvalue weighted by molar-refractivity contribution is 6.30. The Bertz CT molecular complexity index is 611. The molecule has 4 heteroatoms. The fourth-order valence-corrected chi connectivity index (χ4v) is 2.06. The number of carbonyl (C=O) groups excluding carboxylic acids is 1. The van der Waals surface area contributed by atoms with E-state index in [0.717, 1.165) is 21.8 Å².